The van der Waals surface area contributed by atoms with Crippen LogP contribution in [0.4, 0.5) is 0 Å². The second-order valence-electron chi connectivity index (χ2n) is 4.38. The number of amides is 1. The van der Waals surface area contributed by atoms with Gasteiger partial charge in [-0.2, -0.15) is 0 Å². The lowest BCUT2D eigenvalue weighted by Gasteiger charge is -2.31. The zero-order valence-electron chi connectivity index (χ0n) is 9.86. The van der Waals surface area contributed by atoms with E-state index < -0.39 is 5.60 Å². The molecule has 0 spiro atoms. The number of hydrogen-bond acceptors (Lipinski definition) is 4. The molecule has 6 heteroatoms. The lowest BCUT2D eigenvalue weighted by Crippen LogP contribution is -2.46. The summed E-state index contributed by atoms with van der Waals surface area (Å²) in [7, 11) is 0. The van der Waals surface area contributed by atoms with Crippen LogP contribution in [0.25, 0.3) is 0 Å². The van der Waals surface area contributed by atoms with E-state index in [4.69, 9.17) is 16.3 Å². The minimum Gasteiger partial charge on any atom is -0.388 e. The molecule has 1 amide bonds. The maximum absolute atomic E-state index is 11.8. The Morgan fingerprint density at radius 3 is 2.94 bits per heavy atom. The van der Waals surface area contributed by atoms with Gasteiger partial charge in [-0.15, -0.1) is 0 Å². The van der Waals surface area contributed by atoms with Crippen LogP contribution in [0.2, 0.25) is 5.02 Å². The van der Waals surface area contributed by atoms with Crippen LogP contribution < -0.4 is 5.32 Å². The number of pyridine rings is 1. The highest BCUT2D eigenvalue weighted by molar-refractivity contribution is 6.30. The third-order valence-corrected chi connectivity index (χ3v) is 3.19. The fourth-order valence-corrected chi connectivity index (χ4v) is 1.95. The topological polar surface area (TPSA) is 71.5 Å². The van der Waals surface area contributed by atoms with Crippen molar-refractivity contribution in [1.29, 1.82) is 0 Å². The number of aliphatic hydroxyl groups is 1. The summed E-state index contributed by atoms with van der Waals surface area (Å²) in [5, 5.41) is 13.3. The molecule has 2 rings (SSSR count). The molecule has 2 heterocycles. The van der Waals surface area contributed by atoms with Crippen LogP contribution >= 0.6 is 11.6 Å². The van der Waals surface area contributed by atoms with Gasteiger partial charge in [0.05, 0.1) is 5.60 Å². The fourth-order valence-electron chi connectivity index (χ4n) is 1.79. The molecule has 1 aromatic heterocycles. The average Bonchev–Trinajstić information content (AvgIpc) is 2.37. The van der Waals surface area contributed by atoms with E-state index in [2.05, 4.69) is 10.3 Å². The van der Waals surface area contributed by atoms with Crippen molar-refractivity contribution in [2.75, 3.05) is 19.8 Å². The molecule has 98 valence electrons. The van der Waals surface area contributed by atoms with Crippen molar-refractivity contribution in [3.8, 4) is 0 Å². The van der Waals surface area contributed by atoms with Gasteiger partial charge in [-0.25, -0.2) is 0 Å². The summed E-state index contributed by atoms with van der Waals surface area (Å²) in [5.41, 5.74) is -0.634. The zero-order chi connectivity index (χ0) is 13.0. The van der Waals surface area contributed by atoms with Crippen LogP contribution in [-0.2, 0) is 4.74 Å². The van der Waals surface area contributed by atoms with Crippen LogP contribution in [0.3, 0.4) is 0 Å². The molecular formula is C12H15ClN2O3. The predicted octanol–water partition coefficient (Wildman–Crippen LogP) is 1.01. The highest BCUT2D eigenvalue weighted by Gasteiger charge is 2.30. The first-order valence-electron chi connectivity index (χ1n) is 5.79. The van der Waals surface area contributed by atoms with Gasteiger partial charge >= 0.3 is 0 Å². The summed E-state index contributed by atoms with van der Waals surface area (Å²) >= 11 is 5.78. The van der Waals surface area contributed by atoms with Crippen molar-refractivity contribution in [2.45, 2.75) is 18.4 Å². The highest BCUT2D eigenvalue weighted by atomic mass is 35.5. The molecule has 0 aromatic carbocycles. The molecule has 0 aliphatic carbocycles. The summed E-state index contributed by atoms with van der Waals surface area (Å²) in [6.07, 6.45) is 2.52. The van der Waals surface area contributed by atoms with Crippen molar-refractivity contribution >= 4 is 17.5 Å². The monoisotopic (exact) mass is 270 g/mol. The molecule has 1 aliphatic rings. The second-order valence-corrected chi connectivity index (χ2v) is 4.82. The van der Waals surface area contributed by atoms with Gasteiger partial charge in [0.1, 0.15) is 5.69 Å². The maximum Gasteiger partial charge on any atom is 0.270 e. The maximum atomic E-state index is 11.8. The summed E-state index contributed by atoms with van der Waals surface area (Å²) in [4.78, 5) is 15.7. The molecular weight excluding hydrogens is 256 g/mol. The quantitative estimate of drug-likeness (QED) is 0.860. The number of carbonyl (C=O) groups excluding carboxylic acids is 1. The Morgan fingerprint density at radius 2 is 2.28 bits per heavy atom. The lowest BCUT2D eigenvalue weighted by atomic mass is 9.94. The molecule has 0 radical (unpaired) electrons. The van der Waals surface area contributed by atoms with Crippen molar-refractivity contribution in [3.05, 3.63) is 29.0 Å². The number of aromatic nitrogens is 1. The van der Waals surface area contributed by atoms with Gasteiger partial charge < -0.3 is 15.2 Å². The minimum atomic E-state index is -0.882. The highest BCUT2D eigenvalue weighted by Crippen LogP contribution is 2.19. The Labute approximate surface area is 110 Å². The molecule has 1 saturated heterocycles. The Hall–Kier alpha value is -1.17. The Morgan fingerprint density at radius 1 is 1.56 bits per heavy atom. The van der Waals surface area contributed by atoms with Crippen LogP contribution in [-0.4, -0.2) is 41.4 Å². The molecule has 1 aromatic rings. The first kappa shape index (κ1) is 13.3. The van der Waals surface area contributed by atoms with E-state index in [1.165, 1.54) is 12.3 Å². The largest absolute Gasteiger partial charge is 0.388 e. The van der Waals surface area contributed by atoms with Crippen LogP contribution in [0.5, 0.6) is 0 Å². The van der Waals surface area contributed by atoms with E-state index in [-0.39, 0.29) is 18.1 Å². The van der Waals surface area contributed by atoms with Gasteiger partial charge in [-0.1, -0.05) is 11.6 Å². The lowest BCUT2D eigenvalue weighted by molar-refractivity contribution is -0.0605. The van der Waals surface area contributed by atoms with Crippen molar-refractivity contribution in [1.82, 2.24) is 10.3 Å². The summed E-state index contributed by atoms with van der Waals surface area (Å²) in [5.74, 6) is -0.336. The van der Waals surface area contributed by atoms with E-state index in [0.29, 0.717) is 31.1 Å². The fraction of sp³-hybridized carbons (Fsp3) is 0.500. The van der Waals surface area contributed by atoms with E-state index in [0.717, 1.165) is 0 Å². The second kappa shape index (κ2) is 5.65. The molecule has 0 atom stereocenters. The number of carbonyl (C=O) groups is 1. The van der Waals surface area contributed by atoms with E-state index in [1.807, 2.05) is 0 Å². The van der Waals surface area contributed by atoms with Crippen molar-refractivity contribution in [3.63, 3.8) is 0 Å². The molecule has 0 unspecified atom stereocenters. The molecule has 2 N–H and O–H groups in total. The van der Waals surface area contributed by atoms with Gasteiger partial charge in [0.25, 0.3) is 5.91 Å². The molecule has 0 saturated carbocycles. The smallest absolute Gasteiger partial charge is 0.270 e. The number of nitrogens with one attached hydrogen (secondary N) is 1. The molecule has 1 fully saturated rings. The van der Waals surface area contributed by atoms with Gasteiger partial charge in [-0.05, 0) is 12.1 Å². The van der Waals surface area contributed by atoms with E-state index in [9.17, 15) is 9.90 Å². The molecule has 1 aliphatic heterocycles. The molecule has 5 nitrogen and oxygen atoms in total. The van der Waals surface area contributed by atoms with Crippen LogP contribution in [0.1, 0.15) is 23.3 Å². The number of rotatable bonds is 3. The van der Waals surface area contributed by atoms with Gasteiger partial charge in [0.2, 0.25) is 0 Å². The first-order valence-corrected chi connectivity index (χ1v) is 6.17. The van der Waals surface area contributed by atoms with Crippen LogP contribution in [0.15, 0.2) is 18.3 Å². The summed E-state index contributed by atoms with van der Waals surface area (Å²) in [6.45, 7) is 1.23. The molecule has 18 heavy (non-hydrogen) atoms. The normalized spacial score (nSPS) is 18.3. The number of nitrogens with zero attached hydrogens (tertiary/aromatic N) is 1. The third-order valence-electron chi connectivity index (χ3n) is 2.96. The van der Waals surface area contributed by atoms with E-state index >= 15 is 0 Å². The summed E-state index contributed by atoms with van der Waals surface area (Å²) in [6, 6.07) is 3.09. The Bertz CT molecular complexity index is 433. The first-order chi connectivity index (χ1) is 8.59. The average molecular weight is 271 g/mol. The zero-order valence-corrected chi connectivity index (χ0v) is 10.6. The summed E-state index contributed by atoms with van der Waals surface area (Å²) < 4.78 is 5.17. The van der Waals surface area contributed by atoms with Gasteiger partial charge in [0, 0.05) is 43.8 Å². The number of ether oxygens (including phenoxy) is 1. The Kier molecular flexibility index (Phi) is 4.16. The minimum absolute atomic E-state index is 0.198. The predicted molar refractivity (Wildman–Crippen MR) is 66.6 cm³/mol. The molecule has 0 bridgehead atoms. The van der Waals surface area contributed by atoms with Gasteiger partial charge in [0.15, 0.2) is 0 Å². The third kappa shape index (κ3) is 3.41. The van der Waals surface area contributed by atoms with Crippen molar-refractivity contribution in [2.24, 2.45) is 0 Å². The van der Waals surface area contributed by atoms with E-state index in [1.54, 1.807) is 6.07 Å². The van der Waals surface area contributed by atoms with Gasteiger partial charge in [-0.3, -0.25) is 9.78 Å². The standard InChI is InChI=1S/C12H15ClN2O3/c13-9-1-4-14-10(7-9)11(16)15-8-12(17)2-5-18-6-3-12/h1,4,7,17H,2-3,5-6,8H2,(H,15,16). The number of hydrogen-bond donors (Lipinski definition) is 2. The van der Waals surface area contributed by atoms with Crippen molar-refractivity contribution < 1.29 is 14.6 Å². The Balaban J connectivity index is 1.92. The number of halogens is 1. The van der Waals surface area contributed by atoms with Crippen LogP contribution in [0, 0.1) is 0 Å². The SMILES string of the molecule is O=C(NCC1(O)CCOCC1)c1cc(Cl)ccn1.